The molecule has 0 aliphatic rings. The van der Waals surface area contributed by atoms with Crippen molar-refractivity contribution in [2.45, 2.75) is 0 Å². The Morgan fingerprint density at radius 3 is 1.72 bits per heavy atom. The first-order valence-electron chi connectivity index (χ1n) is 9.48. The average Bonchev–Trinajstić information content (AvgIpc) is 2.80. The van der Waals surface area contributed by atoms with Crippen molar-refractivity contribution in [2.24, 2.45) is 0 Å². The van der Waals surface area contributed by atoms with Crippen molar-refractivity contribution >= 4 is 52.5 Å². The average molecular weight is 471 g/mol. The number of carbonyl (C=O) groups excluding carboxylic acids is 2. The lowest BCUT2D eigenvalue weighted by molar-refractivity contribution is -0.118. The summed E-state index contributed by atoms with van der Waals surface area (Å²) in [6.07, 6.45) is 1.43. The zero-order valence-corrected chi connectivity index (χ0v) is 18.8. The monoisotopic (exact) mass is 470 g/mol. The van der Waals surface area contributed by atoms with Crippen LogP contribution in [-0.4, -0.2) is 26.0 Å². The van der Waals surface area contributed by atoms with Crippen molar-refractivity contribution in [3.8, 4) is 11.5 Å². The number of rotatable bonds is 7. The van der Waals surface area contributed by atoms with Gasteiger partial charge in [-0.2, -0.15) is 0 Å². The predicted octanol–water partition coefficient (Wildman–Crippen LogP) is 5.67. The minimum atomic E-state index is -0.632. The van der Waals surface area contributed by atoms with Gasteiger partial charge in [-0.3, -0.25) is 9.59 Å². The number of carbonyl (C=O) groups is 2. The lowest BCUT2D eigenvalue weighted by Gasteiger charge is -2.14. The molecule has 2 amide bonds. The van der Waals surface area contributed by atoms with Crippen molar-refractivity contribution in [2.75, 3.05) is 24.9 Å². The van der Waals surface area contributed by atoms with Crippen molar-refractivity contribution < 1.29 is 19.1 Å². The van der Waals surface area contributed by atoms with E-state index in [1.807, 2.05) is 0 Å². The van der Waals surface area contributed by atoms with E-state index in [4.69, 9.17) is 32.7 Å². The molecule has 0 saturated heterocycles. The molecule has 0 aliphatic carbocycles. The van der Waals surface area contributed by atoms with E-state index in [0.29, 0.717) is 38.5 Å². The van der Waals surface area contributed by atoms with E-state index < -0.39 is 11.8 Å². The molecule has 32 heavy (non-hydrogen) atoms. The molecule has 0 aromatic heterocycles. The SMILES string of the molecule is COc1ccccc1NC(=O)C(=Cc1ccc(Cl)c(Cl)c1)C(=O)Nc1ccccc1OC. The summed E-state index contributed by atoms with van der Waals surface area (Å²) in [6.45, 7) is 0. The lowest BCUT2D eigenvalue weighted by Crippen LogP contribution is -2.25. The number of para-hydroxylation sites is 4. The normalized spacial score (nSPS) is 10.1. The van der Waals surface area contributed by atoms with Crippen LogP contribution in [0.5, 0.6) is 11.5 Å². The van der Waals surface area contributed by atoms with E-state index in [2.05, 4.69) is 10.6 Å². The molecule has 0 saturated carbocycles. The van der Waals surface area contributed by atoms with Crippen molar-refractivity contribution in [3.63, 3.8) is 0 Å². The Hall–Kier alpha value is -3.48. The molecule has 0 atom stereocenters. The van der Waals surface area contributed by atoms with Gasteiger partial charge in [-0.1, -0.05) is 53.5 Å². The van der Waals surface area contributed by atoms with Gasteiger partial charge in [0.25, 0.3) is 11.8 Å². The minimum Gasteiger partial charge on any atom is -0.495 e. The third-order valence-corrected chi connectivity index (χ3v) is 5.19. The molecule has 0 unspecified atom stereocenters. The van der Waals surface area contributed by atoms with Gasteiger partial charge < -0.3 is 20.1 Å². The van der Waals surface area contributed by atoms with E-state index >= 15 is 0 Å². The van der Waals surface area contributed by atoms with Gasteiger partial charge in [-0.15, -0.1) is 0 Å². The Balaban J connectivity index is 1.98. The molecule has 164 valence electrons. The number of anilines is 2. The van der Waals surface area contributed by atoms with Crippen LogP contribution in [0, 0.1) is 0 Å². The second-order valence-corrected chi connectivity index (χ2v) is 7.35. The number of benzene rings is 3. The standard InChI is InChI=1S/C24H20Cl2N2O4/c1-31-21-9-5-3-7-19(21)27-23(29)16(13-15-11-12-17(25)18(26)14-15)24(30)28-20-8-4-6-10-22(20)32-2/h3-14H,1-2H3,(H,27,29)(H,28,30). The van der Waals surface area contributed by atoms with E-state index in [-0.39, 0.29) is 5.57 Å². The maximum atomic E-state index is 13.1. The van der Waals surface area contributed by atoms with Crippen molar-refractivity contribution in [3.05, 3.63) is 87.9 Å². The zero-order chi connectivity index (χ0) is 23.1. The fraction of sp³-hybridized carbons (Fsp3) is 0.0833. The van der Waals surface area contributed by atoms with Crippen LogP contribution >= 0.6 is 23.2 Å². The van der Waals surface area contributed by atoms with Gasteiger partial charge in [0, 0.05) is 0 Å². The molecular formula is C24H20Cl2N2O4. The molecule has 6 nitrogen and oxygen atoms in total. The maximum Gasteiger partial charge on any atom is 0.261 e. The molecule has 0 fully saturated rings. The van der Waals surface area contributed by atoms with Crippen LogP contribution in [-0.2, 0) is 9.59 Å². The molecule has 3 rings (SSSR count). The number of amides is 2. The summed E-state index contributed by atoms with van der Waals surface area (Å²) in [5, 5.41) is 6.10. The van der Waals surface area contributed by atoms with E-state index in [1.54, 1.807) is 66.7 Å². The van der Waals surface area contributed by atoms with Gasteiger partial charge >= 0.3 is 0 Å². The summed E-state index contributed by atoms with van der Waals surface area (Å²) in [6, 6.07) is 18.6. The summed E-state index contributed by atoms with van der Waals surface area (Å²) < 4.78 is 10.6. The third kappa shape index (κ3) is 5.60. The highest BCUT2D eigenvalue weighted by Crippen LogP contribution is 2.27. The largest absolute Gasteiger partial charge is 0.495 e. The first-order valence-corrected chi connectivity index (χ1v) is 10.2. The first kappa shape index (κ1) is 23.2. The molecule has 3 aromatic rings. The zero-order valence-electron chi connectivity index (χ0n) is 17.3. The summed E-state index contributed by atoms with van der Waals surface area (Å²) in [5.41, 5.74) is 1.22. The highest BCUT2D eigenvalue weighted by Gasteiger charge is 2.21. The molecule has 0 bridgehead atoms. The highest BCUT2D eigenvalue weighted by atomic mass is 35.5. The van der Waals surface area contributed by atoms with Crippen LogP contribution in [0.15, 0.2) is 72.3 Å². The van der Waals surface area contributed by atoms with Gasteiger partial charge in [0.15, 0.2) is 0 Å². The summed E-state index contributed by atoms with van der Waals surface area (Å²) in [4.78, 5) is 26.3. The molecule has 0 heterocycles. The number of methoxy groups -OCH3 is 2. The fourth-order valence-corrected chi connectivity index (χ4v) is 3.18. The van der Waals surface area contributed by atoms with E-state index in [9.17, 15) is 9.59 Å². The maximum absolute atomic E-state index is 13.1. The van der Waals surface area contributed by atoms with Crippen LogP contribution in [0.1, 0.15) is 5.56 Å². The Kier molecular flexibility index (Phi) is 7.76. The topological polar surface area (TPSA) is 76.7 Å². The fourth-order valence-electron chi connectivity index (χ4n) is 2.88. The first-order chi connectivity index (χ1) is 15.4. The summed E-state index contributed by atoms with van der Waals surface area (Å²) in [5.74, 6) is -0.347. The summed E-state index contributed by atoms with van der Waals surface area (Å²) >= 11 is 12.1. The van der Waals surface area contributed by atoms with Crippen LogP contribution in [0.4, 0.5) is 11.4 Å². The smallest absolute Gasteiger partial charge is 0.261 e. The van der Waals surface area contributed by atoms with Gasteiger partial charge in [0.1, 0.15) is 17.1 Å². The molecule has 0 radical (unpaired) electrons. The predicted molar refractivity (Wildman–Crippen MR) is 128 cm³/mol. The van der Waals surface area contributed by atoms with Crippen LogP contribution < -0.4 is 20.1 Å². The Morgan fingerprint density at radius 1 is 0.750 bits per heavy atom. The van der Waals surface area contributed by atoms with E-state index in [0.717, 1.165) is 0 Å². The van der Waals surface area contributed by atoms with Crippen LogP contribution in [0.3, 0.4) is 0 Å². The molecular weight excluding hydrogens is 451 g/mol. The molecule has 0 aliphatic heterocycles. The number of ether oxygens (including phenoxy) is 2. The quantitative estimate of drug-likeness (QED) is 0.265. The lowest BCUT2D eigenvalue weighted by atomic mass is 10.1. The van der Waals surface area contributed by atoms with Gasteiger partial charge in [-0.25, -0.2) is 0 Å². The van der Waals surface area contributed by atoms with E-state index in [1.165, 1.54) is 20.3 Å². The van der Waals surface area contributed by atoms with Crippen LogP contribution in [0.25, 0.3) is 6.08 Å². The minimum absolute atomic E-state index is 0.153. The van der Waals surface area contributed by atoms with Gasteiger partial charge in [0.05, 0.1) is 35.6 Å². The number of hydrogen-bond acceptors (Lipinski definition) is 4. The molecule has 0 spiro atoms. The summed E-state index contributed by atoms with van der Waals surface area (Å²) in [7, 11) is 2.98. The van der Waals surface area contributed by atoms with Crippen LogP contribution in [0.2, 0.25) is 10.0 Å². The molecule has 3 aromatic carbocycles. The number of nitrogens with one attached hydrogen (secondary N) is 2. The molecule has 2 N–H and O–H groups in total. The molecule has 8 heteroatoms. The second kappa shape index (κ2) is 10.7. The number of halogens is 2. The Bertz CT molecular complexity index is 1110. The third-order valence-electron chi connectivity index (χ3n) is 4.45. The van der Waals surface area contributed by atoms with Crippen molar-refractivity contribution in [1.29, 1.82) is 0 Å². The highest BCUT2D eigenvalue weighted by molar-refractivity contribution is 6.42. The second-order valence-electron chi connectivity index (χ2n) is 6.54. The van der Waals surface area contributed by atoms with Crippen molar-refractivity contribution in [1.82, 2.24) is 0 Å². The van der Waals surface area contributed by atoms with Gasteiger partial charge in [0.2, 0.25) is 0 Å². The Morgan fingerprint density at radius 2 is 1.25 bits per heavy atom. The van der Waals surface area contributed by atoms with Gasteiger partial charge in [-0.05, 0) is 48.0 Å². The Labute approximate surface area is 195 Å². The number of hydrogen-bond donors (Lipinski definition) is 2.